The van der Waals surface area contributed by atoms with Gasteiger partial charge in [-0.15, -0.1) is 11.3 Å². The van der Waals surface area contributed by atoms with Gasteiger partial charge in [0.15, 0.2) is 0 Å². The predicted molar refractivity (Wildman–Crippen MR) is 81.1 cm³/mol. The van der Waals surface area contributed by atoms with Gasteiger partial charge in [0.05, 0.1) is 4.75 Å². The summed E-state index contributed by atoms with van der Waals surface area (Å²) in [6, 6.07) is 1.79. The molecule has 0 bridgehead atoms. The first-order valence-electron chi connectivity index (χ1n) is 5.98. The number of rotatable bonds is 5. The lowest BCUT2D eigenvalue weighted by molar-refractivity contribution is -0.131. The summed E-state index contributed by atoms with van der Waals surface area (Å²) >= 11 is 1.41. The summed E-state index contributed by atoms with van der Waals surface area (Å²) in [6.45, 7) is 5.27. The van der Waals surface area contributed by atoms with Crippen molar-refractivity contribution in [2.24, 2.45) is 0 Å². The number of hydrogen-bond donors (Lipinski definition) is 1. The van der Waals surface area contributed by atoms with E-state index in [1.165, 1.54) is 21.7 Å². The highest BCUT2D eigenvalue weighted by molar-refractivity contribution is 7.90. The maximum Gasteiger partial charge on any atom is 0.328 e. The Labute approximate surface area is 123 Å². The maximum atomic E-state index is 12.2. The topological polar surface area (TPSA) is 74.7 Å². The Morgan fingerprint density at radius 2 is 2.05 bits per heavy atom. The van der Waals surface area contributed by atoms with E-state index in [0.29, 0.717) is 0 Å². The van der Waals surface area contributed by atoms with Gasteiger partial charge in [0, 0.05) is 24.5 Å². The Bertz CT molecular complexity index is 609. The van der Waals surface area contributed by atoms with Gasteiger partial charge in [-0.2, -0.15) is 4.31 Å². The van der Waals surface area contributed by atoms with E-state index in [9.17, 15) is 13.2 Å². The number of carbonyl (C=O) groups is 1. The molecule has 7 heteroatoms. The lowest BCUT2D eigenvalue weighted by Crippen LogP contribution is -2.40. The number of sulfonamides is 1. The van der Waals surface area contributed by atoms with Gasteiger partial charge in [0.25, 0.3) is 0 Å². The van der Waals surface area contributed by atoms with Crippen molar-refractivity contribution in [3.63, 3.8) is 0 Å². The van der Waals surface area contributed by atoms with Gasteiger partial charge in [0.2, 0.25) is 10.0 Å². The van der Waals surface area contributed by atoms with Crippen molar-refractivity contribution in [2.75, 3.05) is 7.05 Å². The molecule has 0 spiro atoms. The number of hydrogen-bond acceptors (Lipinski definition) is 4. The molecule has 1 rings (SSSR count). The summed E-state index contributed by atoms with van der Waals surface area (Å²) in [5, 5.41) is 10.4. The molecule has 0 radical (unpaired) electrons. The number of nitrogens with zero attached hydrogens (tertiary/aromatic N) is 1. The third kappa shape index (κ3) is 4.16. The average Bonchev–Trinajstić information content (AvgIpc) is 2.72. The maximum absolute atomic E-state index is 12.2. The van der Waals surface area contributed by atoms with Crippen molar-refractivity contribution in [3.05, 3.63) is 28.0 Å². The molecule has 1 heterocycles. The monoisotopic (exact) mass is 317 g/mol. The lowest BCUT2D eigenvalue weighted by Gasteiger charge is -2.26. The van der Waals surface area contributed by atoms with E-state index in [0.717, 1.165) is 16.5 Å². The minimum Gasteiger partial charge on any atom is -0.478 e. The van der Waals surface area contributed by atoms with E-state index in [1.807, 2.05) is 0 Å². The molecule has 0 aliphatic carbocycles. The van der Waals surface area contributed by atoms with E-state index in [4.69, 9.17) is 5.11 Å². The molecule has 5 nitrogen and oxygen atoms in total. The summed E-state index contributed by atoms with van der Waals surface area (Å²) < 4.78 is 24.9. The highest BCUT2D eigenvalue weighted by atomic mass is 32.2. The quantitative estimate of drug-likeness (QED) is 0.846. The van der Waals surface area contributed by atoms with Gasteiger partial charge in [-0.1, -0.05) is 0 Å². The Morgan fingerprint density at radius 3 is 2.55 bits per heavy atom. The van der Waals surface area contributed by atoms with Crippen molar-refractivity contribution in [1.29, 1.82) is 0 Å². The van der Waals surface area contributed by atoms with Crippen molar-refractivity contribution in [2.45, 2.75) is 32.1 Å². The molecule has 1 aromatic rings. The van der Waals surface area contributed by atoms with Gasteiger partial charge in [0.1, 0.15) is 0 Å². The second kappa shape index (κ2) is 6.07. The van der Waals surface area contributed by atoms with Crippen LogP contribution < -0.4 is 0 Å². The number of aliphatic carboxylic acids is 1. The van der Waals surface area contributed by atoms with Crippen molar-refractivity contribution >= 4 is 33.4 Å². The van der Waals surface area contributed by atoms with Crippen LogP contribution in [0.1, 0.15) is 31.2 Å². The van der Waals surface area contributed by atoms with Gasteiger partial charge >= 0.3 is 5.97 Å². The second-order valence-corrected chi connectivity index (χ2v) is 9.19. The zero-order chi connectivity index (χ0) is 15.6. The van der Waals surface area contributed by atoms with Crippen LogP contribution in [0.5, 0.6) is 0 Å². The molecule has 1 N–H and O–H groups in total. The Hall–Kier alpha value is -1.18. The van der Waals surface area contributed by atoms with E-state index < -0.39 is 20.7 Å². The van der Waals surface area contributed by atoms with Crippen molar-refractivity contribution in [1.82, 2.24) is 4.31 Å². The molecule has 0 amide bonds. The zero-order valence-corrected chi connectivity index (χ0v) is 13.6. The Kier molecular flexibility index (Phi) is 5.12. The molecule has 20 heavy (non-hydrogen) atoms. The summed E-state index contributed by atoms with van der Waals surface area (Å²) in [4.78, 5) is 11.3. The van der Waals surface area contributed by atoms with Gasteiger partial charge in [-0.25, -0.2) is 13.2 Å². The van der Waals surface area contributed by atoms with Gasteiger partial charge in [-0.3, -0.25) is 0 Å². The summed E-state index contributed by atoms with van der Waals surface area (Å²) in [7, 11) is -1.81. The van der Waals surface area contributed by atoms with E-state index in [1.54, 1.807) is 39.3 Å². The first-order valence-corrected chi connectivity index (χ1v) is 8.30. The predicted octanol–water partition coefficient (Wildman–Crippen LogP) is 2.41. The fraction of sp³-hybridized carbons (Fsp3) is 0.462. The largest absolute Gasteiger partial charge is 0.478 e. The molecule has 0 saturated carbocycles. The van der Waals surface area contributed by atoms with Gasteiger partial charge in [-0.05, 0) is 43.9 Å². The van der Waals surface area contributed by atoms with Crippen LogP contribution in [0.15, 0.2) is 17.5 Å². The summed E-state index contributed by atoms with van der Waals surface area (Å²) in [5.41, 5.74) is 0.758. The van der Waals surface area contributed by atoms with Crippen LogP contribution >= 0.6 is 11.3 Å². The van der Waals surface area contributed by atoms with Crippen LogP contribution in [0.2, 0.25) is 0 Å². The first kappa shape index (κ1) is 16.9. The standard InChI is InChI=1S/C13H19NO4S2/c1-13(2,3)20(17,18)14(4)8-11-7-10(9-19-11)5-6-12(15)16/h5-7,9H,8H2,1-4H3,(H,15,16). The van der Waals surface area contributed by atoms with Crippen LogP contribution in [0.4, 0.5) is 0 Å². The molecule has 0 saturated heterocycles. The molecular weight excluding hydrogens is 298 g/mol. The first-order chi connectivity index (χ1) is 9.04. The SMILES string of the molecule is CN(Cc1cc(C=CC(=O)O)cs1)S(=O)(=O)C(C)(C)C. The van der Waals surface area contributed by atoms with E-state index >= 15 is 0 Å². The average molecular weight is 317 g/mol. The number of carboxylic acid groups (broad SMARTS) is 1. The fourth-order valence-electron chi connectivity index (χ4n) is 1.51. The van der Waals surface area contributed by atoms with Crippen LogP contribution in [-0.4, -0.2) is 35.6 Å². The minimum atomic E-state index is -3.36. The molecule has 0 unspecified atom stereocenters. The van der Waals surface area contributed by atoms with Crippen LogP contribution in [0.3, 0.4) is 0 Å². The van der Waals surface area contributed by atoms with Gasteiger partial charge < -0.3 is 5.11 Å². The molecule has 0 atom stereocenters. The molecule has 0 aromatic carbocycles. The molecule has 0 aliphatic rings. The molecule has 0 aliphatic heterocycles. The smallest absolute Gasteiger partial charge is 0.328 e. The van der Waals surface area contributed by atoms with Crippen molar-refractivity contribution in [3.8, 4) is 0 Å². The highest BCUT2D eigenvalue weighted by Crippen LogP contribution is 2.23. The molecule has 1 aromatic heterocycles. The zero-order valence-electron chi connectivity index (χ0n) is 12.0. The summed E-state index contributed by atoms with van der Waals surface area (Å²) in [6.07, 6.45) is 2.54. The highest BCUT2D eigenvalue weighted by Gasteiger charge is 2.33. The third-order valence-corrected chi connectivity index (χ3v) is 6.09. The van der Waals surface area contributed by atoms with Crippen molar-refractivity contribution < 1.29 is 18.3 Å². The Balaban J connectivity index is 2.83. The third-order valence-electron chi connectivity index (χ3n) is 2.66. The normalized spacial score (nSPS) is 13.2. The van der Waals surface area contributed by atoms with Crippen LogP contribution in [0, 0.1) is 0 Å². The fourth-order valence-corrected chi connectivity index (χ4v) is 3.74. The van der Waals surface area contributed by atoms with E-state index in [-0.39, 0.29) is 6.54 Å². The lowest BCUT2D eigenvalue weighted by atomic mass is 10.3. The number of carboxylic acids is 1. The summed E-state index contributed by atoms with van der Waals surface area (Å²) in [5.74, 6) is -1.01. The van der Waals surface area contributed by atoms with Crippen LogP contribution in [0.25, 0.3) is 6.08 Å². The number of thiophene rings is 1. The second-order valence-electron chi connectivity index (χ2n) is 5.39. The molecular formula is C13H19NO4S2. The molecule has 0 fully saturated rings. The minimum absolute atomic E-state index is 0.283. The molecule has 112 valence electrons. The Morgan fingerprint density at radius 1 is 1.45 bits per heavy atom. The van der Waals surface area contributed by atoms with E-state index in [2.05, 4.69) is 0 Å². The van der Waals surface area contributed by atoms with Crippen LogP contribution in [-0.2, 0) is 21.4 Å².